The molecule has 1 aliphatic carbocycles. The maximum Gasteiger partial charge on any atom is 0.268 e. The predicted octanol–water partition coefficient (Wildman–Crippen LogP) is 2.42. The van der Waals surface area contributed by atoms with Crippen molar-refractivity contribution in [3.63, 3.8) is 0 Å². The van der Waals surface area contributed by atoms with Crippen LogP contribution >= 0.6 is 0 Å². The number of anilines is 1. The lowest BCUT2D eigenvalue weighted by molar-refractivity contribution is 0.209. The van der Waals surface area contributed by atoms with Gasteiger partial charge in [0.1, 0.15) is 5.75 Å². The Labute approximate surface area is 160 Å². The Morgan fingerprint density at radius 2 is 1.78 bits per heavy atom. The summed E-state index contributed by atoms with van der Waals surface area (Å²) >= 11 is 0. The smallest absolute Gasteiger partial charge is 0.268 e. The summed E-state index contributed by atoms with van der Waals surface area (Å²) in [5.74, 6) is 0.994. The van der Waals surface area contributed by atoms with E-state index >= 15 is 0 Å². The molecule has 1 aliphatic heterocycles. The number of piperazine rings is 1. The van der Waals surface area contributed by atoms with Gasteiger partial charge in [0, 0.05) is 45.8 Å². The Kier molecular flexibility index (Phi) is 5.43. The second-order valence-corrected chi connectivity index (χ2v) is 7.61. The highest BCUT2D eigenvalue weighted by Gasteiger charge is 2.19. The van der Waals surface area contributed by atoms with Gasteiger partial charge in [-0.05, 0) is 43.4 Å². The minimum absolute atomic E-state index is 0.0603. The minimum atomic E-state index is -0.0603. The summed E-state index contributed by atoms with van der Waals surface area (Å²) in [4.78, 5) is 16.5. The molecule has 6 nitrogen and oxygen atoms in total. The van der Waals surface area contributed by atoms with Crippen LogP contribution in [0.2, 0.25) is 0 Å². The molecule has 2 aromatic rings. The Bertz CT molecular complexity index is 804. The predicted molar refractivity (Wildman–Crippen MR) is 106 cm³/mol. The molecule has 0 N–H and O–H groups in total. The molecule has 0 unspecified atom stereocenters. The molecule has 27 heavy (non-hydrogen) atoms. The van der Waals surface area contributed by atoms with Gasteiger partial charge < -0.3 is 9.64 Å². The van der Waals surface area contributed by atoms with E-state index in [1.807, 2.05) is 0 Å². The maximum absolute atomic E-state index is 11.8. The third-order valence-corrected chi connectivity index (χ3v) is 5.63. The monoisotopic (exact) mass is 368 g/mol. The molecule has 0 spiro atoms. The average Bonchev–Trinajstić information content (AvgIpc) is 3.19. The van der Waals surface area contributed by atoms with Crippen molar-refractivity contribution in [1.29, 1.82) is 0 Å². The Morgan fingerprint density at radius 1 is 1.07 bits per heavy atom. The van der Waals surface area contributed by atoms with Crippen molar-refractivity contribution in [2.45, 2.75) is 38.3 Å². The van der Waals surface area contributed by atoms with Gasteiger partial charge in [-0.25, -0.2) is 4.68 Å². The zero-order valence-corrected chi connectivity index (χ0v) is 16.0. The van der Waals surface area contributed by atoms with Crippen molar-refractivity contribution in [3.05, 3.63) is 52.4 Å². The lowest BCUT2D eigenvalue weighted by Crippen LogP contribution is -2.46. The second-order valence-electron chi connectivity index (χ2n) is 7.61. The van der Waals surface area contributed by atoms with Crippen LogP contribution in [-0.4, -0.2) is 47.0 Å². The van der Waals surface area contributed by atoms with Crippen LogP contribution in [0.4, 0.5) is 5.69 Å². The van der Waals surface area contributed by atoms with Crippen LogP contribution < -0.4 is 15.2 Å². The SMILES string of the molecule is Cn1ncc(N2CCN(Cc3ccc(OC4CCCC4)cc3)CC2)cc1=O. The number of hydrogen-bond donors (Lipinski definition) is 0. The van der Waals surface area contributed by atoms with E-state index < -0.39 is 0 Å². The van der Waals surface area contributed by atoms with Crippen LogP contribution in [0.15, 0.2) is 41.3 Å². The molecule has 2 aliphatic rings. The fraction of sp³-hybridized carbons (Fsp3) is 0.524. The van der Waals surface area contributed by atoms with Crippen molar-refractivity contribution < 1.29 is 4.74 Å². The normalized spacial score (nSPS) is 18.8. The molecule has 1 saturated carbocycles. The third-order valence-electron chi connectivity index (χ3n) is 5.63. The standard InChI is InChI=1S/C21H28N4O2/c1-23-21(26)14-18(15-22-23)25-12-10-24(11-13-25)16-17-6-8-20(9-7-17)27-19-4-2-3-5-19/h6-9,14-15,19H,2-5,10-13,16H2,1H3. The number of aromatic nitrogens is 2. The lowest BCUT2D eigenvalue weighted by Gasteiger charge is -2.35. The molecular weight excluding hydrogens is 340 g/mol. The minimum Gasteiger partial charge on any atom is -0.490 e. The van der Waals surface area contributed by atoms with E-state index in [0.717, 1.165) is 44.2 Å². The van der Waals surface area contributed by atoms with Crippen molar-refractivity contribution in [2.24, 2.45) is 7.05 Å². The first kappa shape index (κ1) is 18.0. The summed E-state index contributed by atoms with van der Waals surface area (Å²) in [6.45, 7) is 4.74. The number of aryl methyl sites for hydroxylation is 1. The van der Waals surface area contributed by atoms with Gasteiger partial charge in [-0.15, -0.1) is 0 Å². The maximum atomic E-state index is 11.8. The van der Waals surface area contributed by atoms with Gasteiger partial charge in [-0.3, -0.25) is 9.69 Å². The third kappa shape index (κ3) is 4.50. The first-order valence-corrected chi connectivity index (χ1v) is 9.94. The van der Waals surface area contributed by atoms with Crippen LogP contribution in [-0.2, 0) is 13.6 Å². The van der Waals surface area contributed by atoms with E-state index in [4.69, 9.17) is 4.74 Å². The Morgan fingerprint density at radius 3 is 2.44 bits per heavy atom. The van der Waals surface area contributed by atoms with Gasteiger partial charge in [0.25, 0.3) is 5.56 Å². The molecule has 0 radical (unpaired) electrons. The molecule has 4 rings (SSSR count). The number of benzene rings is 1. The first-order valence-electron chi connectivity index (χ1n) is 9.94. The van der Waals surface area contributed by atoms with Crippen molar-refractivity contribution >= 4 is 5.69 Å². The molecule has 144 valence electrons. The van der Waals surface area contributed by atoms with E-state index in [1.165, 1.54) is 35.9 Å². The van der Waals surface area contributed by atoms with Crippen LogP contribution in [0.25, 0.3) is 0 Å². The molecule has 2 heterocycles. The van der Waals surface area contributed by atoms with Crippen LogP contribution in [0, 0.1) is 0 Å². The summed E-state index contributed by atoms with van der Waals surface area (Å²) in [5.41, 5.74) is 2.18. The first-order chi connectivity index (χ1) is 13.2. The largest absolute Gasteiger partial charge is 0.490 e. The summed E-state index contributed by atoms with van der Waals surface area (Å²) < 4.78 is 7.41. The van der Waals surface area contributed by atoms with E-state index in [2.05, 4.69) is 39.2 Å². The lowest BCUT2D eigenvalue weighted by atomic mass is 10.2. The van der Waals surface area contributed by atoms with Gasteiger partial charge in [0.2, 0.25) is 0 Å². The summed E-state index contributed by atoms with van der Waals surface area (Å²) in [7, 11) is 1.67. The summed E-state index contributed by atoms with van der Waals surface area (Å²) in [5, 5.41) is 4.12. The number of hydrogen-bond acceptors (Lipinski definition) is 5. The molecule has 0 amide bonds. The van der Waals surface area contributed by atoms with Crippen molar-refractivity contribution in [1.82, 2.24) is 14.7 Å². The zero-order chi connectivity index (χ0) is 18.6. The molecule has 6 heteroatoms. The number of nitrogens with zero attached hydrogens (tertiary/aromatic N) is 4. The van der Waals surface area contributed by atoms with E-state index in [-0.39, 0.29) is 5.56 Å². The fourth-order valence-corrected chi connectivity index (χ4v) is 3.93. The van der Waals surface area contributed by atoms with Crippen molar-refractivity contribution in [3.8, 4) is 5.75 Å². The molecule has 0 atom stereocenters. The second kappa shape index (κ2) is 8.13. The Balaban J connectivity index is 1.28. The molecule has 1 aromatic heterocycles. The molecule has 2 fully saturated rings. The summed E-state index contributed by atoms with van der Waals surface area (Å²) in [6, 6.07) is 10.2. The Hall–Kier alpha value is -2.34. The molecule has 1 aromatic carbocycles. The van der Waals surface area contributed by atoms with Crippen LogP contribution in [0.3, 0.4) is 0 Å². The van der Waals surface area contributed by atoms with E-state index in [1.54, 1.807) is 19.3 Å². The quantitative estimate of drug-likeness (QED) is 0.811. The van der Waals surface area contributed by atoms with Crippen LogP contribution in [0.5, 0.6) is 5.75 Å². The topological polar surface area (TPSA) is 50.6 Å². The molecular formula is C21H28N4O2. The molecule has 0 bridgehead atoms. The van der Waals surface area contributed by atoms with Gasteiger partial charge in [0.05, 0.1) is 18.0 Å². The highest BCUT2D eigenvalue weighted by molar-refractivity contribution is 5.43. The van der Waals surface area contributed by atoms with Gasteiger partial charge in [0.15, 0.2) is 0 Å². The average molecular weight is 368 g/mol. The van der Waals surface area contributed by atoms with Gasteiger partial charge in [-0.2, -0.15) is 5.10 Å². The zero-order valence-electron chi connectivity index (χ0n) is 16.0. The summed E-state index contributed by atoms with van der Waals surface area (Å²) in [6.07, 6.45) is 7.16. The van der Waals surface area contributed by atoms with E-state index in [0.29, 0.717) is 6.10 Å². The highest BCUT2D eigenvalue weighted by Crippen LogP contribution is 2.24. The molecule has 1 saturated heterocycles. The fourth-order valence-electron chi connectivity index (χ4n) is 3.93. The van der Waals surface area contributed by atoms with Crippen molar-refractivity contribution in [2.75, 3.05) is 31.1 Å². The van der Waals surface area contributed by atoms with Gasteiger partial charge >= 0.3 is 0 Å². The highest BCUT2D eigenvalue weighted by atomic mass is 16.5. The van der Waals surface area contributed by atoms with Crippen LogP contribution in [0.1, 0.15) is 31.2 Å². The number of rotatable bonds is 5. The van der Waals surface area contributed by atoms with Gasteiger partial charge in [-0.1, -0.05) is 12.1 Å². The van der Waals surface area contributed by atoms with E-state index in [9.17, 15) is 4.79 Å². The number of ether oxygens (including phenoxy) is 1.